The minimum Gasteiger partial charge on any atom is -0.460 e. The first-order valence-electron chi connectivity index (χ1n) is 12.2. The van der Waals surface area contributed by atoms with Gasteiger partial charge < -0.3 is 19.5 Å². The molecule has 0 saturated heterocycles. The molecular weight excluding hydrogens is 484 g/mol. The average molecular weight is 527 g/mol. The standard InChI is InChI=1S/C26H42N2O9/c1-23(2,3)35-20(30)12-15-26(16-13-21(31)36-24(4,5)6,17-14-22(32)37-25(7,8)9)27-19(29)11-10-18-28(33)34/h11,18H,12-17H2,1-9H3,(H,27,29). The number of hydrogen-bond acceptors (Lipinski definition) is 9. The van der Waals surface area contributed by atoms with Crippen molar-refractivity contribution in [3.05, 3.63) is 28.1 Å². The van der Waals surface area contributed by atoms with E-state index >= 15 is 0 Å². The van der Waals surface area contributed by atoms with Crippen LogP contribution >= 0.6 is 0 Å². The Morgan fingerprint density at radius 3 is 1.32 bits per heavy atom. The molecule has 0 spiro atoms. The highest BCUT2D eigenvalue weighted by atomic mass is 16.6. The van der Waals surface area contributed by atoms with Gasteiger partial charge in [-0.15, -0.1) is 0 Å². The van der Waals surface area contributed by atoms with E-state index in [-0.39, 0.29) is 38.5 Å². The number of nitrogens with one attached hydrogen (secondary N) is 1. The van der Waals surface area contributed by atoms with Crippen LogP contribution in [0.3, 0.4) is 0 Å². The molecule has 0 unspecified atom stereocenters. The van der Waals surface area contributed by atoms with Crippen molar-refractivity contribution in [1.29, 1.82) is 0 Å². The maximum absolute atomic E-state index is 12.6. The van der Waals surface area contributed by atoms with Crippen molar-refractivity contribution in [2.24, 2.45) is 0 Å². The Kier molecular flexibility index (Phi) is 12.7. The molecule has 0 aromatic heterocycles. The van der Waals surface area contributed by atoms with Crippen LogP contribution < -0.4 is 5.32 Å². The van der Waals surface area contributed by atoms with Gasteiger partial charge in [-0.2, -0.15) is 0 Å². The molecule has 1 amide bonds. The summed E-state index contributed by atoms with van der Waals surface area (Å²) in [6.45, 7) is 15.5. The first-order valence-corrected chi connectivity index (χ1v) is 12.2. The van der Waals surface area contributed by atoms with E-state index in [9.17, 15) is 29.3 Å². The van der Waals surface area contributed by atoms with E-state index in [0.29, 0.717) is 6.20 Å². The van der Waals surface area contributed by atoms with Crippen LogP contribution in [-0.2, 0) is 33.4 Å². The molecule has 0 aliphatic heterocycles. The molecule has 0 fully saturated rings. The molecule has 11 heteroatoms. The molecule has 0 aromatic carbocycles. The molecule has 11 nitrogen and oxygen atoms in total. The van der Waals surface area contributed by atoms with Gasteiger partial charge in [0.2, 0.25) is 0 Å². The average Bonchev–Trinajstić information content (AvgIpc) is 2.65. The molecule has 0 heterocycles. The van der Waals surface area contributed by atoms with E-state index in [1.54, 1.807) is 62.3 Å². The van der Waals surface area contributed by atoms with Crippen LogP contribution in [0.15, 0.2) is 18.0 Å². The normalized spacial score (nSPS) is 12.0. The summed E-state index contributed by atoms with van der Waals surface area (Å²) < 4.78 is 16.1. The Labute approximate surface area is 219 Å². The number of nitrogens with zero attached hydrogens (tertiary/aromatic N) is 1. The predicted octanol–water partition coefficient (Wildman–Crippen LogP) is 4.15. The van der Waals surface area contributed by atoms with Gasteiger partial charge in [0.15, 0.2) is 0 Å². The SMILES string of the molecule is CC(C)(C)OC(=O)CCC(CCC(=O)OC(C)(C)C)(CCC(=O)OC(C)(C)C)NC(=O)C=C=C[N+](=O)[O-]. The third-order valence-corrected chi connectivity index (χ3v) is 4.47. The third kappa shape index (κ3) is 18.7. The lowest BCUT2D eigenvalue weighted by atomic mass is 9.83. The molecule has 1 N–H and O–H groups in total. The highest BCUT2D eigenvalue weighted by molar-refractivity contribution is 5.88. The number of carbonyl (C=O) groups is 4. The molecule has 0 rings (SSSR count). The zero-order valence-corrected chi connectivity index (χ0v) is 23.5. The minimum atomic E-state index is -1.23. The molecule has 0 bridgehead atoms. The maximum Gasteiger partial charge on any atom is 0.306 e. The fourth-order valence-corrected chi connectivity index (χ4v) is 3.24. The number of rotatable bonds is 12. The van der Waals surface area contributed by atoms with Gasteiger partial charge in [-0.25, -0.2) is 0 Å². The molecule has 210 valence electrons. The van der Waals surface area contributed by atoms with Gasteiger partial charge in [0.1, 0.15) is 16.8 Å². The van der Waals surface area contributed by atoms with Crippen LogP contribution in [0.1, 0.15) is 101 Å². The predicted molar refractivity (Wildman–Crippen MR) is 136 cm³/mol. The molecular formula is C26H42N2O9. The summed E-state index contributed by atoms with van der Waals surface area (Å²) in [5, 5.41) is 13.3. The van der Waals surface area contributed by atoms with Gasteiger partial charge >= 0.3 is 17.9 Å². The Morgan fingerprint density at radius 1 is 0.730 bits per heavy atom. The topological polar surface area (TPSA) is 151 Å². The van der Waals surface area contributed by atoms with Crippen molar-refractivity contribution < 1.29 is 38.3 Å². The van der Waals surface area contributed by atoms with Gasteiger partial charge in [0.25, 0.3) is 12.1 Å². The van der Waals surface area contributed by atoms with Crippen molar-refractivity contribution in [3.8, 4) is 0 Å². The maximum atomic E-state index is 12.6. The highest BCUT2D eigenvalue weighted by Crippen LogP contribution is 2.28. The Balaban J connectivity index is 6.06. The van der Waals surface area contributed by atoms with Crippen LogP contribution in [0, 0.1) is 10.1 Å². The fourth-order valence-electron chi connectivity index (χ4n) is 3.24. The number of esters is 3. The van der Waals surface area contributed by atoms with Gasteiger partial charge in [-0.05, 0) is 87.3 Å². The summed E-state index contributed by atoms with van der Waals surface area (Å²) in [5.41, 5.74) is -1.26. The van der Waals surface area contributed by atoms with E-state index < -0.39 is 51.1 Å². The van der Waals surface area contributed by atoms with Crippen molar-refractivity contribution in [2.75, 3.05) is 0 Å². The Hall–Kier alpha value is -3.20. The van der Waals surface area contributed by atoms with E-state index in [1.807, 2.05) is 0 Å². The van der Waals surface area contributed by atoms with E-state index in [2.05, 4.69) is 11.0 Å². The summed E-state index contributed by atoms with van der Waals surface area (Å²) in [4.78, 5) is 59.8. The van der Waals surface area contributed by atoms with Crippen LogP contribution in [0.25, 0.3) is 0 Å². The summed E-state index contributed by atoms with van der Waals surface area (Å²) in [7, 11) is 0. The molecule has 37 heavy (non-hydrogen) atoms. The largest absolute Gasteiger partial charge is 0.460 e. The second kappa shape index (κ2) is 13.9. The second-order valence-corrected chi connectivity index (χ2v) is 11.8. The number of amides is 1. The van der Waals surface area contributed by atoms with E-state index in [1.165, 1.54) is 0 Å². The summed E-state index contributed by atoms with van der Waals surface area (Å²) >= 11 is 0. The fraction of sp³-hybridized carbons (Fsp3) is 0.731. The van der Waals surface area contributed by atoms with E-state index in [0.717, 1.165) is 6.08 Å². The first kappa shape index (κ1) is 33.8. The van der Waals surface area contributed by atoms with Gasteiger partial charge in [0, 0.05) is 24.8 Å². The van der Waals surface area contributed by atoms with Gasteiger partial charge in [0.05, 0.1) is 11.0 Å². The number of hydrogen-bond donors (Lipinski definition) is 1. The number of ether oxygens (including phenoxy) is 3. The molecule has 0 radical (unpaired) electrons. The summed E-state index contributed by atoms with van der Waals surface area (Å²) in [5.74, 6) is -2.31. The van der Waals surface area contributed by atoms with Crippen LogP contribution in [0.5, 0.6) is 0 Å². The quantitative estimate of drug-likeness (QED) is 0.0987. The molecule has 0 saturated carbocycles. The smallest absolute Gasteiger partial charge is 0.306 e. The lowest BCUT2D eigenvalue weighted by Crippen LogP contribution is -2.49. The lowest BCUT2D eigenvalue weighted by molar-refractivity contribution is -0.402. The summed E-state index contributed by atoms with van der Waals surface area (Å²) in [6.07, 6.45) is 1.07. The molecule has 0 aliphatic carbocycles. The van der Waals surface area contributed by atoms with Gasteiger partial charge in [-0.1, -0.05) is 0 Å². The first-order chi connectivity index (χ1) is 16.6. The van der Waals surface area contributed by atoms with Crippen molar-refractivity contribution >= 4 is 23.8 Å². The third-order valence-electron chi connectivity index (χ3n) is 4.47. The van der Waals surface area contributed by atoms with Crippen LogP contribution in [0.2, 0.25) is 0 Å². The molecule has 0 aliphatic rings. The van der Waals surface area contributed by atoms with E-state index in [4.69, 9.17) is 14.2 Å². The molecule has 0 aromatic rings. The molecule has 0 atom stereocenters. The monoisotopic (exact) mass is 526 g/mol. The zero-order valence-electron chi connectivity index (χ0n) is 23.5. The van der Waals surface area contributed by atoms with Crippen molar-refractivity contribution in [1.82, 2.24) is 5.32 Å². The minimum absolute atomic E-state index is 0.0338. The number of carbonyl (C=O) groups excluding carboxylic acids is 4. The Morgan fingerprint density at radius 2 is 1.05 bits per heavy atom. The van der Waals surface area contributed by atoms with Crippen molar-refractivity contribution in [3.63, 3.8) is 0 Å². The lowest BCUT2D eigenvalue weighted by Gasteiger charge is -2.35. The Bertz CT molecular complexity index is 818. The zero-order chi connectivity index (χ0) is 29.1. The highest BCUT2D eigenvalue weighted by Gasteiger charge is 2.35. The van der Waals surface area contributed by atoms with Gasteiger partial charge in [-0.3, -0.25) is 29.3 Å². The van der Waals surface area contributed by atoms with Crippen LogP contribution in [0.4, 0.5) is 0 Å². The van der Waals surface area contributed by atoms with Crippen LogP contribution in [-0.4, -0.2) is 51.1 Å². The van der Waals surface area contributed by atoms with Crippen molar-refractivity contribution in [2.45, 2.75) is 123 Å². The second-order valence-electron chi connectivity index (χ2n) is 11.8. The summed E-state index contributed by atoms with van der Waals surface area (Å²) in [6, 6.07) is 0. The number of nitro groups is 1.